The molecule has 1 aromatic heterocycles. The summed E-state index contributed by atoms with van der Waals surface area (Å²) in [5, 5.41) is 6.50. The van der Waals surface area contributed by atoms with Crippen molar-refractivity contribution < 1.29 is 14.3 Å². The molecule has 7 heteroatoms. The van der Waals surface area contributed by atoms with Gasteiger partial charge in [-0.2, -0.15) is 5.10 Å². The molecule has 0 saturated heterocycles. The second-order valence-electron chi connectivity index (χ2n) is 3.15. The average Bonchev–Trinajstić information content (AvgIpc) is 2.72. The zero-order valence-corrected chi connectivity index (χ0v) is 10.5. The highest BCUT2D eigenvalue weighted by molar-refractivity contribution is 6.29. The molecule has 17 heavy (non-hydrogen) atoms. The maximum Gasteiger partial charge on any atom is 0.343 e. The molecular formula is C10H14ClN3O3. The van der Waals surface area contributed by atoms with E-state index in [-0.39, 0.29) is 23.9 Å². The third-order valence-corrected chi connectivity index (χ3v) is 2.20. The number of hydrogen-bond acceptors (Lipinski definition) is 4. The van der Waals surface area contributed by atoms with E-state index in [0.29, 0.717) is 6.54 Å². The molecule has 0 aliphatic rings. The molecular weight excluding hydrogens is 246 g/mol. The number of anilines is 1. The molecule has 1 aromatic rings. The van der Waals surface area contributed by atoms with Crippen LogP contribution in [0.15, 0.2) is 6.20 Å². The summed E-state index contributed by atoms with van der Waals surface area (Å²) in [7, 11) is 0. The van der Waals surface area contributed by atoms with Crippen LogP contribution in [0.3, 0.4) is 0 Å². The third-order valence-electron chi connectivity index (χ3n) is 1.96. The standard InChI is InChI=1S/C10H14ClN3O3/c1-3-14-6-7(10(16)17-4-2)9(13-14)12-8(15)5-11/h6H,3-5H2,1-2H3,(H,12,13,15). The Morgan fingerprint density at radius 3 is 2.76 bits per heavy atom. The first-order chi connectivity index (χ1) is 8.12. The molecule has 94 valence electrons. The van der Waals surface area contributed by atoms with Crippen LogP contribution in [0, 0.1) is 0 Å². The van der Waals surface area contributed by atoms with Gasteiger partial charge in [-0.05, 0) is 13.8 Å². The van der Waals surface area contributed by atoms with Crippen molar-refractivity contribution in [1.29, 1.82) is 0 Å². The van der Waals surface area contributed by atoms with E-state index in [9.17, 15) is 9.59 Å². The second-order valence-corrected chi connectivity index (χ2v) is 3.42. The van der Waals surface area contributed by atoms with Crippen LogP contribution in [0.25, 0.3) is 0 Å². The van der Waals surface area contributed by atoms with Crippen LogP contribution in [0.2, 0.25) is 0 Å². The Labute approximate surface area is 104 Å². The van der Waals surface area contributed by atoms with Crippen LogP contribution in [-0.4, -0.2) is 34.1 Å². The number of nitrogens with one attached hydrogen (secondary N) is 1. The van der Waals surface area contributed by atoms with Crippen molar-refractivity contribution in [2.24, 2.45) is 0 Å². The first-order valence-corrected chi connectivity index (χ1v) is 5.76. The minimum absolute atomic E-state index is 0.177. The Bertz CT molecular complexity index is 417. The molecule has 0 saturated carbocycles. The summed E-state index contributed by atoms with van der Waals surface area (Å²) in [6.45, 7) is 4.43. The number of ether oxygens (including phenoxy) is 1. The van der Waals surface area contributed by atoms with Gasteiger partial charge in [0.15, 0.2) is 5.82 Å². The largest absolute Gasteiger partial charge is 0.462 e. The third kappa shape index (κ3) is 3.45. The van der Waals surface area contributed by atoms with Crippen molar-refractivity contribution >= 4 is 29.3 Å². The van der Waals surface area contributed by atoms with E-state index in [1.807, 2.05) is 6.92 Å². The molecule has 1 heterocycles. The number of hydrogen-bond donors (Lipinski definition) is 1. The minimum atomic E-state index is -0.517. The summed E-state index contributed by atoms with van der Waals surface area (Å²) in [5.41, 5.74) is 0.229. The Balaban J connectivity index is 2.96. The van der Waals surface area contributed by atoms with Crippen molar-refractivity contribution in [3.63, 3.8) is 0 Å². The molecule has 1 amide bonds. The molecule has 1 rings (SSSR count). The molecule has 0 radical (unpaired) electrons. The Kier molecular flexibility index (Phi) is 4.96. The number of aromatic nitrogens is 2. The number of rotatable bonds is 5. The van der Waals surface area contributed by atoms with Crippen LogP contribution in [-0.2, 0) is 16.1 Å². The predicted molar refractivity (Wildman–Crippen MR) is 63.2 cm³/mol. The summed E-state index contributed by atoms with van der Waals surface area (Å²) < 4.78 is 6.40. The molecule has 0 fully saturated rings. The maximum atomic E-state index is 11.6. The van der Waals surface area contributed by atoms with Crippen molar-refractivity contribution in [1.82, 2.24) is 9.78 Å². The summed E-state index contributed by atoms with van der Waals surface area (Å²) in [4.78, 5) is 22.8. The van der Waals surface area contributed by atoms with Gasteiger partial charge in [0.1, 0.15) is 11.4 Å². The van der Waals surface area contributed by atoms with Crippen LogP contribution in [0.4, 0.5) is 5.82 Å². The molecule has 0 atom stereocenters. The fourth-order valence-electron chi connectivity index (χ4n) is 1.20. The van der Waals surface area contributed by atoms with Gasteiger partial charge in [-0.1, -0.05) is 0 Å². The van der Waals surface area contributed by atoms with Crippen molar-refractivity contribution in [2.75, 3.05) is 17.8 Å². The number of nitrogens with zero attached hydrogens (tertiary/aromatic N) is 2. The molecule has 6 nitrogen and oxygen atoms in total. The van der Waals surface area contributed by atoms with Gasteiger partial charge in [0.25, 0.3) is 0 Å². The maximum absolute atomic E-state index is 11.6. The average molecular weight is 260 g/mol. The van der Waals surface area contributed by atoms with E-state index in [0.717, 1.165) is 0 Å². The van der Waals surface area contributed by atoms with Crippen molar-refractivity contribution in [3.8, 4) is 0 Å². The summed E-state index contributed by atoms with van der Waals surface area (Å²) in [6.07, 6.45) is 1.53. The summed E-state index contributed by atoms with van der Waals surface area (Å²) in [5.74, 6) is -0.951. The van der Waals surface area contributed by atoms with Crippen LogP contribution in [0.5, 0.6) is 0 Å². The molecule has 0 unspecified atom stereocenters. The second kappa shape index (κ2) is 6.24. The van der Waals surface area contributed by atoms with Gasteiger partial charge >= 0.3 is 5.97 Å². The Morgan fingerprint density at radius 2 is 2.24 bits per heavy atom. The monoisotopic (exact) mass is 259 g/mol. The molecule has 1 N–H and O–H groups in total. The zero-order valence-electron chi connectivity index (χ0n) is 9.70. The van der Waals surface area contributed by atoms with Crippen LogP contribution >= 0.6 is 11.6 Å². The lowest BCUT2D eigenvalue weighted by atomic mass is 10.3. The predicted octanol–water partition coefficient (Wildman–Crippen LogP) is 1.26. The molecule has 0 spiro atoms. The number of carbonyl (C=O) groups excluding carboxylic acids is 2. The van der Waals surface area contributed by atoms with Gasteiger partial charge in [0.05, 0.1) is 6.61 Å². The van der Waals surface area contributed by atoms with Gasteiger partial charge in [0, 0.05) is 12.7 Å². The smallest absolute Gasteiger partial charge is 0.343 e. The van der Waals surface area contributed by atoms with Crippen LogP contribution in [0.1, 0.15) is 24.2 Å². The first kappa shape index (κ1) is 13.5. The molecule has 0 aliphatic heterocycles. The highest BCUT2D eigenvalue weighted by atomic mass is 35.5. The van der Waals surface area contributed by atoms with Gasteiger partial charge in [-0.15, -0.1) is 11.6 Å². The normalized spacial score (nSPS) is 10.1. The lowest BCUT2D eigenvalue weighted by Gasteiger charge is -2.02. The Morgan fingerprint density at radius 1 is 1.53 bits per heavy atom. The highest BCUT2D eigenvalue weighted by Gasteiger charge is 2.18. The van der Waals surface area contributed by atoms with Gasteiger partial charge in [0.2, 0.25) is 5.91 Å². The number of esters is 1. The fourth-order valence-corrected chi connectivity index (χ4v) is 1.27. The highest BCUT2D eigenvalue weighted by Crippen LogP contribution is 2.14. The van der Waals surface area contributed by atoms with E-state index in [1.165, 1.54) is 10.9 Å². The van der Waals surface area contributed by atoms with Gasteiger partial charge in [-0.25, -0.2) is 4.79 Å². The summed E-state index contributed by atoms with van der Waals surface area (Å²) in [6, 6.07) is 0. The van der Waals surface area contributed by atoms with Crippen LogP contribution < -0.4 is 5.32 Å². The topological polar surface area (TPSA) is 73.2 Å². The van der Waals surface area contributed by atoms with Gasteiger partial charge < -0.3 is 10.1 Å². The number of aryl methyl sites for hydroxylation is 1. The number of halogens is 1. The zero-order chi connectivity index (χ0) is 12.8. The molecule has 0 aliphatic carbocycles. The lowest BCUT2D eigenvalue weighted by Crippen LogP contribution is -2.16. The SMILES string of the molecule is CCOC(=O)c1cn(CC)nc1NC(=O)CCl. The van der Waals surface area contributed by atoms with E-state index in [1.54, 1.807) is 6.92 Å². The van der Waals surface area contributed by atoms with E-state index in [2.05, 4.69) is 10.4 Å². The quantitative estimate of drug-likeness (QED) is 0.638. The fraction of sp³-hybridized carbons (Fsp3) is 0.500. The molecule has 0 bridgehead atoms. The van der Waals surface area contributed by atoms with Crippen molar-refractivity contribution in [2.45, 2.75) is 20.4 Å². The first-order valence-electron chi connectivity index (χ1n) is 5.22. The minimum Gasteiger partial charge on any atom is -0.462 e. The van der Waals surface area contributed by atoms with E-state index in [4.69, 9.17) is 16.3 Å². The lowest BCUT2D eigenvalue weighted by molar-refractivity contribution is -0.113. The molecule has 0 aromatic carbocycles. The summed E-state index contributed by atoms with van der Waals surface area (Å²) >= 11 is 5.37. The number of carbonyl (C=O) groups is 2. The van der Waals surface area contributed by atoms with E-state index < -0.39 is 11.9 Å². The van der Waals surface area contributed by atoms with Crippen molar-refractivity contribution in [3.05, 3.63) is 11.8 Å². The van der Waals surface area contributed by atoms with Gasteiger partial charge in [-0.3, -0.25) is 9.48 Å². The van der Waals surface area contributed by atoms with E-state index >= 15 is 0 Å². The Hall–Kier alpha value is -1.56. The number of alkyl halides is 1. The number of amides is 1.